The van der Waals surface area contributed by atoms with Crippen LogP contribution in [0.15, 0.2) is 17.4 Å². The van der Waals surface area contributed by atoms with Crippen molar-refractivity contribution >= 4 is 15.9 Å². The van der Waals surface area contributed by atoms with Gasteiger partial charge in [0.25, 0.3) is 0 Å². The average Bonchev–Trinajstić information content (AvgIpc) is 2.45. The second kappa shape index (κ2) is 5.14. The number of nitrogens with zero attached hydrogens (tertiary/aromatic N) is 3. The van der Waals surface area contributed by atoms with Gasteiger partial charge >= 0.3 is 0 Å². The molecule has 0 amide bonds. The van der Waals surface area contributed by atoms with Crippen molar-refractivity contribution in [1.29, 1.82) is 0 Å². The molecule has 0 aromatic carbocycles. The van der Waals surface area contributed by atoms with Crippen LogP contribution < -0.4 is 5.32 Å². The van der Waals surface area contributed by atoms with E-state index in [1.54, 1.807) is 6.33 Å². The van der Waals surface area contributed by atoms with E-state index in [2.05, 4.69) is 38.0 Å². The fraction of sp³-hybridized carbons (Fsp3) is 0.500. The molecule has 0 saturated carbocycles. The Balaban J connectivity index is 2.20. The Morgan fingerprint density at radius 1 is 1.77 bits per heavy atom. The topological polar surface area (TPSA) is 42.7 Å². The number of nitrogens with one attached hydrogen (secondary N) is 1. The van der Waals surface area contributed by atoms with Crippen LogP contribution in [0.1, 0.15) is 5.82 Å². The lowest BCUT2D eigenvalue weighted by molar-refractivity contribution is 0.690. The number of rotatable bonds is 5. The highest BCUT2D eigenvalue weighted by atomic mass is 79.9. The zero-order chi connectivity index (χ0) is 9.68. The molecule has 4 nitrogen and oxygen atoms in total. The highest BCUT2D eigenvalue weighted by Gasteiger charge is 1.98. The minimum absolute atomic E-state index is 0.790. The van der Waals surface area contributed by atoms with Gasteiger partial charge in [-0.2, -0.15) is 0 Å². The van der Waals surface area contributed by atoms with Gasteiger partial charge in [0, 0.05) is 31.0 Å². The third-order valence-electron chi connectivity index (χ3n) is 1.65. The lowest BCUT2D eigenvalue weighted by Gasteiger charge is -2.02. The molecule has 0 unspecified atom stereocenters. The Hall–Kier alpha value is -0.680. The monoisotopic (exact) mass is 244 g/mol. The Labute approximate surface area is 86.2 Å². The van der Waals surface area contributed by atoms with E-state index in [-0.39, 0.29) is 0 Å². The molecule has 0 fully saturated rings. The van der Waals surface area contributed by atoms with Gasteiger partial charge in [0.05, 0.1) is 0 Å². The summed E-state index contributed by atoms with van der Waals surface area (Å²) in [6.45, 7) is 5.40. The predicted molar refractivity (Wildman–Crippen MR) is 55.6 cm³/mol. The normalized spacial score (nSPS) is 10.3. The van der Waals surface area contributed by atoms with E-state index >= 15 is 0 Å². The van der Waals surface area contributed by atoms with Crippen molar-refractivity contribution in [3.63, 3.8) is 0 Å². The third-order valence-corrected chi connectivity index (χ3v) is 1.93. The molecule has 1 aromatic heterocycles. The fourth-order valence-corrected chi connectivity index (χ4v) is 1.16. The Bertz CT molecular complexity index is 281. The molecule has 0 spiro atoms. The first-order chi connectivity index (χ1) is 6.20. The fourth-order valence-electron chi connectivity index (χ4n) is 0.958. The van der Waals surface area contributed by atoms with Crippen LogP contribution in [0, 0.1) is 0 Å². The minimum atomic E-state index is 0.790. The van der Waals surface area contributed by atoms with Crippen LogP contribution in [0.5, 0.6) is 0 Å². The maximum Gasteiger partial charge on any atom is 0.133 e. The third kappa shape index (κ3) is 3.69. The SMILES string of the molecule is C=C(Br)CNCCc1nncn1C. The van der Waals surface area contributed by atoms with Gasteiger partial charge < -0.3 is 9.88 Å². The van der Waals surface area contributed by atoms with E-state index in [9.17, 15) is 0 Å². The second-order valence-corrected chi connectivity index (χ2v) is 3.92. The molecule has 13 heavy (non-hydrogen) atoms. The molecule has 1 aromatic rings. The Kier molecular flexibility index (Phi) is 4.11. The maximum atomic E-state index is 3.97. The first-order valence-corrected chi connectivity index (χ1v) is 4.86. The number of aryl methyl sites for hydroxylation is 1. The Morgan fingerprint density at radius 2 is 2.54 bits per heavy atom. The molecular formula is C8H13BrN4. The zero-order valence-corrected chi connectivity index (χ0v) is 9.21. The first-order valence-electron chi connectivity index (χ1n) is 4.07. The quantitative estimate of drug-likeness (QED) is 0.782. The van der Waals surface area contributed by atoms with Crippen LogP contribution in [-0.2, 0) is 13.5 Å². The summed E-state index contributed by atoms with van der Waals surface area (Å²) in [5.74, 6) is 0.993. The van der Waals surface area contributed by atoms with E-state index < -0.39 is 0 Å². The largest absolute Gasteiger partial charge is 0.321 e. The van der Waals surface area contributed by atoms with E-state index in [0.717, 1.165) is 29.8 Å². The number of hydrogen-bond donors (Lipinski definition) is 1. The van der Waals surface area contributed by atoms with Gasteiger partial charge in [0.1, 0.15) is 12.2 Å². The number of halogens is 1. The van der Waals surface area contributed by atoms with Crippen molar-refractivity contribution < 1.29 is 0 Å². The van der Waals surface area contributed by atoms with E-state index in [4.69, 9.17) is 0 Å². The molecule has 1 N–H and O–H groups in total. The molecule has 1 rings (SSSR count). The average molecular weight is 245 g/mol. The minimum Gasteiger partial charge on any atom is -0.321 e. The predicted octanol–water partition coefficient (Wildman–Crippen LogP) is 0.856. The highest BCUT2D eigenvalue weighted by molar-refractivity contribution is 9.11. The van der Waals surface area contributed by atoms with Gasteiger partial charge in [-0.25, -0.2) is 0 Å². The van der Waals surface area contributed by atoms with Gasteiger partial charge in [-0.1, -0.05) is 22.5 Å². The van der Waals surface area contributed by atoms with E-state index in [1.807, 2.05) is 11.6 Å². The van der Waals surface area contributed by atoms with Crippen LogP contribution in [-0.4, -0.2) is 27.9 Å². The van der Waals surface area contributed by atoms with Crippen molar-refractivity contribution in [2.75, 3.05) is 13.1 Å². The van der Waals surface area contributed by atoms with Crippen molar-refractivity contribution in [2.24, 2.45) is 7.05 Å². The van der Waals surface area contributed by atoms with Crippen LogP contribution in [0.4, 0.5) is 0 Å². The van der Waals surface area contributed by atoms with Crippen LogP contribution in [0.25, 0.3) is 0 Å². The summed E-state index contributed by atoms with van der Waals surface area (Å²) in [7, 11) is 1.94. The molecule has 0 atom stereocenters. The molecule has 0 aliphatic carbocycles. The van der Waals surface area contributed by atoms with Gasteiger partial charge in [0.2, 0.25) is 0 Å². The van der Waals surface area contributed by atoms with Crippen LogP contribution in [0.3, 0.4) is 0 Å². The van der Waals surface area contributed by atoms with Gasteiger partial charge in [-0.3, -0.25) is 0 Å². The molecule has 0 saturated heterocycles. The first kappa shape index (κ1) is 10.4. The lowest BCUT2D eigenvalue weighted by Crippen LogP contribution is -2.19. The molecular weight excluding hydrogens is 232 g/mol. The van der Waals surface area contributed by atoms with Gasteiger partial charge in [-0.15, -0.1) is 10.2 Å². The summed E-state index contributed by atoms with van der Waals surface area (Å²) in [6, 6.07) is 0. The van der Waals surface area contributed by atoms with Crippen molar-refractivity contribution in [3.05, 3.63) is 23.2 Å². The van der Waals surface area contributed by atoms with Gasteiger partial charge in [0.15, 0.2) is 0 Å². The summed E-state index contributed by atoms with van der Waals surface area (Å²) in [5.41, 5.74) is 0. The standard InChI is InChI=1S/C8H13BrN4/c1-7(9)5-10-4-3-8-12-11-6-13(8)2/h6,10H,1,3-5H2,2H3. The smallest absolute Gasteiger partial charge is 0.133 e. The summed E-state index contributed by atoms with van der Waals surface area (Å²) in [6.07, 6.45) is 2.59. The van der Waals surface area contributed by atoms with Crippen LogP contribution in [0.2, 0.25) is 0 Å². The molecule has 0 aliphatic rings. The van der Waals surface area contributed by atoms with Gasteiger partial charge in [-0.05, 0) is 0 Å². The zero-order valence-electron chi connectivity index (χ0n) is 7.63. The van der Waals surface area contributed by atoms with E-state index in [1.165, 1.54) is 0 Å². The number of hydrogen-bond acceptors (Lipinski definition) is 3. The van der Waals surface area contributed by atoms with Crippen molar-refractivity contribution in [3.8, 4) is 0 Å². The van der Waals surface area contributed by atoms with Crippen molar-refractivity contribution in [1.82, 2.24) is 20.1 Å². The van der Waals surface area contributed by atoms with Crippen molar-refractivity contribution in [2.45, 2.75) is 6.42 Å². The summed E-state index contributed by atoms with van der Waals surface area (Å²) < 4.78 is 2.88. The summed E-state index contributed by atoms with van der Waals surface area (Å²) in [5, 5.41) is 11.0. The molecule has 72 valence electrons. The Morgan fingerprint density at radius 3 is 3.08 bits per heavy atom. The molecule has 5 heteroatoms. The summed E-state index contributed by atoms with van der Waals surface area (Å²) in [4.78, 5) is 0. The molecule has 0 bridgehead atoms. The second-order valence-electron chi connectivity index (χ2n) is 2.80. The van der Waals surface area contributed by atoms with E-state index in [0.29, 0.717) is 0 Å². The maximum absolute atomic E-state index is 3.97. The lowest BCUT2D eigenvalue weighted by atomic mass is 10.4. The highest BCUT2D eigenvalue weighted by Crippen LogP contribution is 1.97. The number of aromatic nitrogens is 3. The molecule has 0 aliphatic heterocycles. The molecule has 1 heterocycles. The molecule has 0 radical (unpaired) electrons. The van der Waals surface area contributed by atoms with Crippen LogP contribution >= 0.6 is 15.9 Å². The summed E-state index contributed by atoms with van der Waals surface area (Å²) >= 11 is 3.28.